The third kappa shape index (κ3) is 3.28. The molecule has 0 spiro atoms. The predicted octanol–water partition coefficient (Wildman–Crippen LogP) is 2.35. The van der Waals surface area contributed by atoms with Crippen LogP contribution in [0.4, 0.5) is 0 Å². The van der Waals surface area contributed by atoms with Gasteiger partial charge in [-0.1, -0.05) is 13.8 Å². The lowest BCUT2D eigenvalue weighted by molar-refractivity contribution is -0.0546. The molecular formula is C11H22O2. The van der Waals surface area contributed by atoms with Gasteiger partial charge in [0.1, 0.15) is 0 Å². The van der Waals surface area contributed by atoms with Crippen molar-refractivity contribution in [2.45, 2.75) is 57.7 Å². The topological polar surface area (TPSA) is 29.5 Å². The fraction of sp³-hybridized carbons (Fsp3) is 1.00. The van der Waals surface area contributed by atoms with E-state index in [1.54, 1.807) is 7.11 Å². The molecule has 0 atom stereocenters. The molecule has 0 heterocycles. The van der Waals surface area contributed by atoms with E-state index in [0.29, 0.717) is 12.0 Å². The van der Waals surface area contributed by atoms with Crippen LogP contribution in [0.2, 0.25) is 0 Å². The van der Waals surface area contributed by atoms with Crippen LogP contribution in [0.25, 0.3) is 0 Å². The van der Waals surface area contributed by atoms with E-state index in [-0.39, 0.29) is 0 Å². The zero-order valence-corrected chi connectivity index (χ0v) is 9.05. The van der Waals surface area contributed by atoms with Gasteiger partial charge in [0.05, 0.1) is 11.7 Å². The Bertz CT molecular complexity index is 146. The molecule has 1 rings (SSSR count). The Morgan fingerprint density at radius 2 is 1.92 bits per heavy atom. The summed E-state index contributed by atoms with van der Waals surface area (Å²) in [4.78, 5) is 0. The van der Waals surface area contributed by atoms with Gasteiger partial charge in [0.25, 0.3) is 0 Å². The first-order valence-corrected chi connectivity index (χ1v) is 5.31. The Morgan fingerprint density at radius 1 is 1.38 bits per heavy atom. The Labute approximate surface area is 81.3 Å². The molecule has 0 radical (unpaired) electrons. The third-order valence-electron chi connectivity index (χ3n) is 2.98. The molecule has 1 fully saturated rings. The van der Waals surface area contributed by atoms with Crippen molar-refractivity contribution in [3.05, 3.63) is 0 Å². The second-order valence-electron chi connectivity index (χ2n) is 4.76. The molecule has 0 bridgehead atoms. The van der Waals surface area contributed by atoms with Crippen LogP contribution in [0.15, 0.2) is 0 Å². The van der Waals surface area contributed by atoms with Gasteiger partial charge in [0.15, 0.2) is 0 Å². The molecule has 0 saturated heterocycles. The summed E-state index contributed by atoms with van der Waals surface area (Å²) in [5, 5.41) is 10.2. The van der Waals surface area contributed by atoms with Gasteiger partial charge in [-0.25, -0.2) is 0 Å². The van der Waals surface area contributed by atoms with Crippen molar-refractivity contribution in [3.8, 4) is 0 Å². The molecule has 0 aromatic heterocycles. The van der Waals surface area contributed by atoms with Crippen LogP contribution >= 0.6 is 0 Å². The highest BCUT2D eigenvalue weighted by Crippen LogP contribution is 2.34. The number of ether oxygens (including phenoxy) is 1. The van der Waals surface area contributed by atoms with E-state index in [1.165, 1.54) is 0 Å². The maximum Gasteiger partial charge on any atom is 0.0652 e. The van der Waals surface area contributed by atoms with E-state index in [0.717, 1.165) is 32.1 Å². The first kappa shape index (κ1) is 11.0. The zero-order valence-electron chi connectivity index (χ0n) is 9.05. The van der Waals surface area contributed by atoms with Gasteiger partial charge in [0.2, 0.25) is 0 Å². The molecule has 0 amide bonds. The quantitative estimate of drug-likeness (QED) is 0.733. The molecule has 0 unspecified atom stereocenters. The molecule has 0 aromatic carbocycles. The van der Waals surface area contributed by atoms with Crippen LogP contribution in [0.5, 0.6) is 0 Å². The van der Waals surface area contributed by atoms with Crippen LogP contribution in [-0.2, 0) is 4.74 Å². The molecule has 0 aliphatic heterocycles. The van der Waals surface area contributed by atoms with Crippen molar-refractivity contribution in [1.82, 2.24) is 0 Å². The maximum absolute atomic E-state index is 10.2. The van der Waals surface area contributed by atoms with Crippen molar-refractivity contribution in [2.24, 2.45) is 5.92 Å². The van der Waals surface area contributed by atoms with Gasteiger partial charge in [-0.15, -0.1) is 0 Å². The summed E-state index contributed by atoms with van der Waals surface area (Å²) in [5.74, 6) is 0.587. The van der Waals surface area contributed by atoms with E-state index < -0.39 is 5.60 Å². The smallest absolute Gasteiger partial charge is 0.0652 e. The summed E-state index contributed by atoms with van der Waals surface area (Å²) >= 11 is 0. The maximum atomic E-state index is 10.2. The van der Waals surface area contributed by atoms with E-state index in [1.807, 2.05) is 0 Å². The molecule has 13 heavy (non-hydrogen) atoms. The number of hydrogen-bond acceptors (Lipinski definition) is 2. The van der Waals surface area contributed by atoms with E-state index in [4.69, 9.17) is 4.74 Å². The second kappa shape index (κ2) is 4.43. The minimum Gasteiger partial charge on any atom is -0.390 e. The highest BCUT2D eigenvalue weighted by atomic mass is 16.5. The molecule has 1 aliphatic rings. The fourth-order valence-electron chi connectivity index (χ4n) is 2.33. The summed E-state index contributed by atoms with van der Waals surface area (Å²) in [6.45, 7) is 4.33. The minimum absolute atomic E-state index is 0.382. The van der Waals surface area contributed by atoms with Gasteiger partial charge >= 0.3 is 0 Å². The van der Waals surface area contributed by atoms with Crippen molar-refractivity contribution < 1.29 is 9.84 Å². The lowest BCUT2D eigenvalue weighted by Crippen LogP contribution is -2.37. The third-order valence-corrected chi connectivity index (χ3v) is 2.98. The monoisotopic (exact) mass is 186 g/mol. The molecule has 2 heteroatoms. The summed E-state index contributed by atoms with van der Waals surface area (Å²) in [7, 11) is 1.76. The van der Waals surface area contributed by atoms with E-state index >= 15 is 0 Å². The molecular weight excluding hydrogens is 164 g/mol. The first-order valence-electron chi connectivity index (χ1n) is 5.31. The Kier molecular flexibility index (Phi) is 3.74. The summed E-state index contributed by atoms with van der Waals surface area (Å²) in [6, 6.07) is 0. The number of rotatable bonds is 3. The predicted molar refractivity (Wildman–Crippen MR) is 53.7 cm³/mol. The standard InChI is InChI=1S/C11H22O2/c1-9(2)8-11(12)6-4-10(13-3)5-7-11/h9-10,12H,4-8H2,1-3H3. The molecule has 1 aliphatic carbocycles. The van der Waals surface area contributed by atoms with Crippen molar-refractivity contribution in [1.29, 1.82) is 0 Å². The van der Waals surface area contributed by atoms with Crippen LogP contribution < -0.4 is 0 Å². The van der Waals surface area contributed by atoms with Gasteiger partial charge in [-0.05, 0) is 38.0 Å². The van der Waals surface area contributed by atoms with E-state index in [9.17, 15) is 5.11 Å². The number of methoxy groups -OCH3 is 1. The molecule has 78 valence electrons. The lowest BCUT2D eigenvalue weighted by atomic mass is 9.78. The zero-order chi connectivity index (χ0) is 9.90. The molecule has 1 N–H and O–H groups in total. The molecule has 1 saturated carbocycles. The van der Waals surface area contributed by atoms with Crippen molar-refractivity contribution in [3.63, 3.8) is 0 Å². The Morgan fingerprint density at radius 3 is 2.31 bits per heavy atom. The molecule has 0 aromatic rings. The van der Waals surface area contributed by atoms with Crippen LogP contribution in [0.3, 0.4) is 0 Å². The van der Waals surface area contributed by atoms with Crippen LogP contribution in [0.1, 0.15) is 46.0 Å². The Balaban J connectivity index is 2.37. The average Bonchev–Trinajstić information content (AvgIpc) is 2.04. The lowest BCUT2D eigenvalue weighted by Gasteiger charge is -2.36. The Hall–Kier alpha value is -0.0800. The van der Waals surface area contributed by atoms with Gasteiger partial charge in [-0.3, -0.25) is 0 Å². The average molecular weight is 186 g/mol. The van der Waals surface area contributed by atoms with Crippen molar-refractivity contribution in [2.75, 3.05) is 7.11 Å². The van der Waals surface area contributed by atoms with Crippen LogP contribution in [0, 0.1) is 5.92 Å². The summed E-state index contributed by atoms with van der Waals surface area (Å²) < 4.78 is 5.28. The summed E-state index contributed by atoms with van der Waals surface area (Å²) in [5.41, 5.74) is -0.400. The first-order chi connectivity index (χ1) is 6.06. The molecule has 2 nitrogen and oxygen atoms in total. The van der Waals surface area contributed by atoms with E-state index in [2.05, 4.69) is 13.8 Å². The summed E-state index contributed by atoms with van der Waals surface area (Å²) in [6.07, 6.45) is 5.16. The number of aliphatic hydroxyl groups is 1. The minimum atomic E-state index is -0.400. The van der Waals surface area contributed by atoms with Crippen LogP contribution in [-0.4, -0.2) is 23.9 Å². The highest BCUT2D eigenvalue weighted by Gasteiger charge is 2.33. The second-order valence-corrected chi connectivity index (χ2v) is 4.76. The fourth-order valence-corrected chi connectivity index (χ4v) is 2.33. The normalized spacial score (nSPS) is 35.3. The van der Waals surface area contributed by atoms with Crippen molar-refractivity contribution >= 4 is 0 Å². The highest BCUT2D eigenvalue weighted by molar-refractivity contribution is 4.86. The van der Waals surface area contributed by atoms with Gasteiger partial charge < -0.3 is 9.84 Å². The number of hydrogen-bond donors (Lipinski definition) is 1. The van der Waals surface area contributed by atoms with Gasteiger partial charge in [-0.2, -0.15) is 0 Å². The van der Waals surface area contributed by atoms with Gasteiger partial charge in [0, 0.05) is 7.11 Å². The largest absolute Gasteiger partial charge is 0.390 e. The SMILES string of the molecule is COC1CCC(O)(CC(C)C)CC1.